The Morgan fingerprint density at radius 1 is 1.02 bits per heavy atom. The fourth-order valence-electron chi connectivity index (χ4n) is 11.3. The van der Waals surface area contributed by atoms with E-state index in [1.807, 2.05) is 24.3 Å². The summed E-state index contributed by atoms with van der Waals surface area (Å²) < 4.78 is 6.93. The van der Waals surface area contributed by atoms with Crippen LogP contribution in [0.5, 0.6) is 0 Å². The molecule has 2 saturated heterocycles. The van der Waals surface area contributed by atoms with E-state index in [1.54, 1.807) is 53.0 Å². The van der Waals surface area contributed by atoms with Crippen LogP contribution >= 0.6 is 0 Å². The number of imidazole rings is 1. The second-order valence-electron chi connectivity index (χ2n) is 19.3. The lowest BCUT2D eigenvalue weighted by Gasteiger charge is -2.53. The van der Waals surface area contributed by atoms with Gasteiger partial charge in [-0.25, -0.2) is 14.3 Å². The molecule has 4 aliphatic rings. The highest BCUT2D eigenvalue weighted by Gasteiger charge is 2.45. The number of hydrogen-bond donors (Lipinski definition) is 3. The molecule has 2 saturated carbocycles. The van der Waals surface area contributed by atoms with E-state index in [0.29, 0.717) is 52.2 Å². The Labute approximate surface area is 359 Å². The van der Waals surface area contributed by atoms with Crippen LogP contribution in [0.25, 0.3) is 27.6 Å². The molecule has 4 aromatic heterocycles. The molecule has 324 valence electrons. The minimum absolute atomic E-state index is 0.211. The molecule has 6 heterocycles. The molecule has 2 aromatic carbocycles. The van der Waals surface area contributed by atoms with Crippen LogP contribution in [0, 0.1) is 17.3 Å². The summed E-state index contributed by atoms with van der Waals surface area (Å²) in [7, 11) is 1.79. The Morgan fingerprint density at radius 2 is 1.81 bits per heavy atom. The minimum Gasteiger partial charge on any atom is -0.386 e. The van der Waals surface area contributed by atoms with Crippen molar-refractivity contribution in [2.45, 2.75) is 109 Å². The average molecular weight is 841 g/mol. The Bertz CT molecular complexity index is 2770. The molecular weight excluding hydrogens is 785 g/mol. The van der Waals surface area contributed by atoms with Crippen molar-refractivity contribution in [2.24, 2.45) is 24.3 Å². The number of benzene rings is 2. The molecule has 1 unspecified atom stereocenters. The first-order valence-electron chi connectivity index (χ1n) is 22.4. The number of carbonyl (C=O) groups is 3. The van der Waals surface area contributed by atoms with Crippen LogP contribution < -0.4 is 16.3 Å². The predicted octanol–water partition coefficient (Wildman–Crippen LogP) is 6.05. The van der Waals surface area contributed by atoms with Crippen LogP contribution in [-0.2, 0) is 28.7 Å². The van der Waals surface area contributed by atoms with Crippen molar-refractivity contribution in [1.29, 1.82) is 0 Å². The van der Waals surface area contributed by atoms with E-state index in [9.17, 15) is 24.3 Å². The van der Waals surface area contributed by atoms with Gasteiger partial charge in [0.15, 0.2) is 5.65 Å². The van der Waals surface area contributed by atoms with Crippen molar-refractivity contribution in [3.05, 3.63) is 88.4 Å². The number of aromatic nitrogens is 7. The van der Waals surface area contributed by atoms with Crippen LogP contribution in [0.3, 0.4) is 0 Å². The number of piperidine rings is 2. The lowest BCUT2D eigenvalue weighted by molar-refractivity contribution is -0.135. The number of anilines is 1. The number of aliphatic hydroxyl groups is 1. The molecule has 3 amide bonds. The molecule has 1 spiro atoms. The number of fused-ring (bicyclic) bond motifs is 3. The molecule has 62 heavy (non-hydrogen) atoms. The minimum atomic E-state index is -1.21. The number of hydrogen-bond acceptors (Lipinski definition) is 9. The predicted molar refractivity (Wildman–Crippen MR) is 235 cm³/mol. The highest BCUT2D eigenvalue weighted by molar-refractivity contribution is 6.09. The quantitative estimate of drug-likeness (QED) is 0.139. The topological polar surface area (TPSA) is 174 Å². The number of rotatable bonds is 10. The summed E-state index contributed by atoms with van der Waals surface area (Å²) in [4.78, 5) is 58.3. The smallest absolute Gasteiger partial charge is 0.329 e. The van der Waals surface area contributed by atoms with Crippen molar-refractivity contribution < 1.29 is 19.5 Å². The number of para-hydroxylation sites is 1. The van der Waals surface area contributed by atoms with Gasteiger partial charge in [-0.3, -0.25) is 33.5 Å². The number of imide groups is 1. The highest BCUT2D eigenvalue weighted by Crippen LogP contribution is 2.54. The van der Waals surface area contributed by atoms with E-state index in [0.717, 1.165) is 59.7 Å². The molecule has 6 aromatic rings. The zero-order valence-corrected chi connectivity index (χ0v) is 35.8. The van der Waals surface area contributed by atoms with E-state index in [-0.39, 0.29) is 23.9 Å². The molecule has 1 atom stereocenters. The summed E-state index contributed by atoms with van der Waals surface area (Å²) in [5, 5.41) is 26.7. The van der Waals surface area contributed by atoms with Gasteiger partial charge in [0, 0.05) is 55.2 Å². The molecule has 0 radical (unpaired) electrons. The first-order chi connectivity index (χ1) is 29.8. The first kappa shape index (κ1) is 40.4. The maximum Gasteiger partial charge on any atom is 0.329 e. The average Bonchev–Trinajstić information content (AvgIpc) is 3.94. The van der Waals surface area contributed by atoms with Gasteiger partial charge in [-0.05, 0) is 145 Å². The number of aryl methyl sites for hydroxylation is 2. The summed E-state index contributed by atoms with van der Waals surface area (Å²) in [5.41, 5.74) is 4.62. The standard InChI is InChI=1S/C47H56N10O5/c1-46(2,62)35-23-36-32(22-37(35)50-43(59)34-26-49-55-19-5-18-48-42(34)55)28-56(52-36)33-12-9-29(10-13-33)27-54-20-16-47(17-21-54)24-30(25-47)8-11-31-6-4-7-38-41(31)53(3)45(61)57(38)39-14-15-40(58)51-44(39)60/h4-7,18-19,22-23,26,28-30,33,39,62H,8-17,20-21,24-25,27H2,1-3H3,(H,50,59)(H,51,58,60)/t29-,33-,39?. The van der Waals surface area contributed by atoms with Crippen molar-refractivity contribution in [1.82, 2.24) is 43.7 Å². The fourth-order valence-corrected chi connectivity index (χ4v) is 11.3. The van der Waals surface area contributed by atoms with Crippen molar-refractivity contribution in [3.8, 4) is 0 Å². The summed E-state index contributed by atoms with van der Waals surface area (Å²) in [5.74, 6) is 0.348. The Hall–Kier alpha value is -5.67. The SMILES string of the molecule is Cn1c(=O)n(C2CCC(=O)NC2=O)c2cccc(CCC3CC4(CCN(C[C@H]5CC[C@H](n6cc7cc(NC(=O)c8cnn9cccnc89)c(C(C)(C)O)cc7n6)CC5)CC4)C3)c21. The van der Waals surface area contributed by atoms with Crippen LogP contribution in [0.4, 0.5) is 5.69 Å². The van der Waals surface area contributed by atoms with Gasteiger partial charge in [0.25, 0.3) is 5.91 Å². The number of nitrogens with zero attached hydrogens (tertiary/aromatic N) is 8. The second kappa shape index (κ2) is 15.6. The maximum atomic E-state index is 13.4. The van der Waals surface area contributed by atoms with Gasteiger partial charge in [0.1, 0.15) is 11.6 Å². The first-order valence-corrected chi connectivity index (χ1v) is 22.4. The molecule has 15 nitrogen and oxygen atoms in total. The van der Waals surface area contributed by atoms with Crippen molar-refractivity contribution >= 4 is 51.0 Å². The van der Waals surface area contributed by atoms with E-state index in [4.69, 9.17) is 5.10 Å². The van der Waals surface area contributed by atoms with Gasteiger partial charge in [0.05, 0.1) is 34.4 Å². The number of likely N-dealkylation sites (tertiary alicyclic amines) is 1. The molecule has 4 fully saturated rings. The third-order valence-corrected chi connectivity index (χ3v) is 14.7. The molecular formula is C47H56N10O5. The zero-order chi connectivity index (χ0) is 42.9. The molecule has 2 aliphatic heterocycles. The number of carbonyl (C=O) groups excluding carboxylic acids is 3. The van der Waals surface area contributed by atoms with Gasteiger partial charge in [0.2, 0.25) is 11.8 Å². The maximum absolute atomic E-state index is 13.4. The van der Waals surface area contributed by atoms with E-state index in [2.05, 4.69) is 42.6 Å². The zero-order valence-electron chi connectivity index (χ0n) is 35.8. The number of amides is 3. The van der Waals surface area contributed by atoms with Crippen molar-refractivity contribution in [2.75, 3.05) is 25.0 Å². The van der Waals surface area contributed by atoms with Gasteiger partial charge in [-0.1, -0.05) is 12.1 Å². The highest BCUT2D eigenvalue weighted by atomic mass is 16.3. The number of nitrogens with one attached hydrogen (secondary N) is 2. The third-order valence-electron chi connectivity index (χ3n) is 14.7. The van der Waals surface area contributed by atoms with Gasteiger partial charge in [-0.15, -0.1) is 0 Å². The van der Waals surface area contributed by atoms with Crippen LogP contribution in [0.2, 0.25) is 0 Å². The van der Waals surface area contributed by atoms with Crippen LogP contribution in [0.1, 0.15) is 118 Å². The lowest BCUT2D eigenvalue weighted by atomic mass is 9.56. The Morgan fingerprint density at radius 3 is 2.56 bits per heavy atom. The van der Waals surface area contributed by atoms with Crippen molar-refractivity contribution in [3.63, 3.8) is 0 Å². The molecule has 10 rings (SSSR count). The van der Waals surface area contributed by atoms with E-state index in [1.165, 1.54) is 57.8 Å². The van der Waals surface area contributed by atoms with Gasteiger partial charge in [-0.2, -0.15) is 10.2 Å². The van der Waals surface area contributed by atoms with E-state index < -0.39 is 17.6 Å². The van der Waals surface area contributed by atoms with Gasteiger partial charge < -0.3 is 15.3 Å². The Kier molecular flexibility index (Phi) is 10.2. The molecule has 15 heteroatoms. The largest absolute Gasteiger partial charge is 0.386 e. The van der Waals surface area contributed by atoms with Crippen LogP contribution in [-0.4, -0.2) is 80.9 Å². The summed E-state index contributed by atoms with van der Waals surface area (Å²) >= 11 is 0. The molecule has 3 N–H and O–H groups in total. The summed E-state index contributed by atoms with van der Waals surface area (Å²) in [6.45, 7) is 6.93. The third kappa shape index (κ3) is 7.42. The second-order valence-corrected chi connectivity index (χ2v) is 19.3. The van der Waals surface area contributed by atoms with E-state index >= 15 is 0 Å². The molecule has 2 aliphatic carbocycles. The molecule has 0 bridgehead atoms. The Balaban J connectivity index is 0.710. The lowest BCUT2D eigenvalue weighted by Crippen LogP contribution is -2.48. The fraction of sp³-hybridized carbons (Fsp3) is 0.511. The normalized spacial score (nSPS) is 22.4. The van der Waals surface area contributed by atoms with Gasteiger partial charge >= 0.3 is 5.69 Å². The summed E-state index contributed by atoms with van der Waals surface area (Å²) in [6.07, 6.45) is 19.1. The summed E-state index contributed by atoms with van der Waals surface area (Å²) in [6, 6.07) is 11.2. The monoisotopic (exact) mass is 840 g/mol. The van der Waals surface area contributed by atoms with Crippen LogP contribution in [0.15, 0.2) is 66.0 Å².